The molecule has 40 heavy (non-hydrogen) atoms. The highest BCUT2D eigenvalue weighted by Crippen LogP contribution is 2.55. The van der Waals surface area contributed by atoms with Crippen LogP contribution in [0.5, 0.6) is 0 Å². The molecule has 2 aliphatic rings. The molecule has 0 saturated carbocycles. The summed E-state index contributed by atoms with van der Waals surface area (Å²) in [5.41, 5.74) is 14.9. The first-order chi connectivity index (χ1) is 19.7. The second kappa shape index (κ2) is 7.54. The molecule has 185 valence electrons. The minimum atomic E-state index is 0.285. The molecule has 0 bridgehead atoms. The number of fused-ring (bicyclic) bond motifs is 12. The molecule has 1 unspecified atom stereocenters. The van der Waals surface area contributed by atoms with Crippen LogP contribution in [0.3, 0.4) is 0 Å². The summed E-state index contributed by atoms with van der Waals surface area (Å²) in [6.07, 6.45) is 0. The number of rotatable bonds is 1. The van der Waals surface area contributed by atoms with Gasteiger partial charge >= 0.3 is 0 Å². The second-order valence-electron chi connectivity index (χ2n) is 11.2. The van der Waals surface area contributed by atoms with E-state index in [0.717, 1.165) is 0 Å². The van der Waals surface area contributed by atoms with E-state index in [1.165, 1.54) is 96.0 Å². The fourth-order valence-corrected chi connectivity index (χ4v) is 9.95. The van der Waals surface area contributed by atoms with Gasteiger partial charge in [0.05, 0.1) is 15.7 Å². The van der Waals surface area contributed by atoms with Gasteiger partial charge in [-0.15, -0.1) is 22.7 Å². The summed E-state index contributed by atoms with van der Waals surface area (Å²) in [6, 6.07) is 36.2. The van der Waals surface area contributed by atoms with Crippen LogP contribution in [0, 0.1) is 6.92 Å². The number of benzene rings is 5. The van der Waals surface area contributed by atoms with E-state index in [9.17, 15) is 0 Å². The van der Waals surface area contributed by atoms with E-state index in [0.29, 0.717) is 0 Å². The van der Waals surface area contributed by atoms with Crippen LogP contribution < -0.4 is 10.9 Å². The molecule has 4 heterocycles. The lowest BCUT2D eigenvalue weighted by Crippen LogP contribution is -2.40. The highest BCUT2D eigenvalue weighted by atomic mass is 32.1. The maximum Gasteiger partial charge on any atom is 0.193 e. The Morgan fingerprint density at radius 3 is 2.33 bits per heavy atom. The number of aromatic nitrogens is 1. The van der Waals surface area contributed by atoms with Crippen molar-refractivity contribution in [1.82, 2.24) is 4.98 Å². The Labute approximate surface area is 240 Å². The molecule has 0 spiro atoms. The van der Waals surface area contributed by atoms with Gasteiger partial charge in [-0.3, -0.25) is 0 Å². The Balaban J connectivity index is 1.27. The van der Waals surface area contributed by atoms with Gasteiger partial charge in [0, 0.05) is 47.5 Å². The zero-order valence-corrected chi connectivity index (χ0v) is 23.3. The van der Waals surface area contributed by atoms with E-state index < -0.39 is 0 Å². The second-order valence-corrected chi connectivity index (χ2v) is 13.3. The lowest BCUT2D eigenvalue weighted by Gasteiger charge is -2.28. The number of thiophene rings is 2. The summed E-state index contributed by atoms with van der Waals surface area (Å²) < 4.78 is 4.07. The number of aryl methyl sites for hydroxylation is 1. The van der Waals surface area contributed by atoms with E-state index in [1.807, 2.05) is 22.7 Å². The van der Waals surface area contributed by atoms with Gasteiger partial charge < -0.3 is 4.98 Å². The molecule has 0 saturated heterocycles. The maximum atomic E-state index is 3.88. The molecule has 1 aliphatic heterocycles. The van der Waals surface area contributed by atoms with Crippen LogP contribution in [0.2, 0.25) is 0 Å². The smallest absolute Gasteiger partial charge is 0.193 e. The van der Waals surface area contributed by atoms with Gasteiger partial charge in [0.15, 0.2) is 7.28 Å². The molecule has 5 aromatic carbocycles. The third-order valence-corrected chi connectivity index (χ3v) is 11.4. The van der Waals surface area contributed by atoms with E-state index >= 15 is 0 Å². The molecular formula is C36H21BNS2. The first kappa shape index (κ1) is 21.7. The van der Waals surface area contributed by atoms with Gasteiger partial charge in [0.25, 0.3) is 0 Å². The van der Waals surface area contributed by atoms with Crippen molar-refractivity contribution in [2.24, 2.45) is 0 Å². The predicted molar refractivity (Wildman–Crippen MR) is 175 cm³/mol. The van der Waals surface area contributed by atoms with Crippen molar-refractivity contribution >= 4 is 82.2 Å². The average Bonchev–Trinajstić information content (AvgIpc) is 3.71. The quantitative estimate of drug-likeness (QED) is 0.200. The van der Waals surface area contributed by atoms with Crippen molar-refractivity contribution in [1.29, 1.82) is 0 Å². The predicted octanol–water partition coefficient (Wildman–Crippen LogP) is 8.85. The maximum absolute atomic E-state index is 3.88. The summed E-state index contributed by atoms with van der Waals surface area (Å²) in [5, 5.41) is 4.02. The number of aromatic amines is 1. The normalized spacial score (nSPS) is 15.1. The highest BCUT2D eigenvalue weighted by molar-refractivity contribution is 7.26. The monoisotopic (exact) mass is 542 g/mol. The third kappa shape index (κ3) is 2.64. The lowest BCUT2D eigenvalue weighted by atomic mass is 9.53. The fraction of sp³-hybridized carbons (Fsp3) is 0.0556. The number of H-pyrrole nitrogens is 1. The molecule has 1 atom stereocenters. The van der Waals surface area contributed by atoms with Crippen LogP contribution >= 0.6 is 22.7 Å². The molecule has 10 rings (SSSR count). The Hall–Kier alpha value is -4.12. The van der Waals surface area contributed by atoms with E-state index in [1.54, 1.807) is 0 Å². The van der Waals surface area contributed by atoms with E-state index in [2.05, 4.69) is 116 Å². The average molecular weight is 543 g/mol. The highest BCUT2D eigenvalue weighted by Gasteiger charge is 2.39. The van der Waals surface area contributed by atoms with Crippen LogP contribution in [0.25, 0.3) is 63.5 Å². The largest absolute Gasteiger partial charge is 0.353 e. The molecule has 0 fully saturated rings. The zero-order chi connectivity index (χ0) is 26.1. The van der Waals surface area contributed by atoms with Gasteiger partial charge in [-0.05, 0) is 41.3 Å². The molecule has 8 aromatic rings. The van der Waals surface area contributed by atoms with Crippen molar-refractivity contribution in [3.05, 3.63) is 119 Å². The number of nitrogens with one attached hydrogen (secondary N) is 1. The summed E-state index contributed by atoms with van der Waals surface area (Å²) in [5.74, 6) is 0.285. The Morgan fingerprint density at radius 2 is 1.43 bits per heavy atom. The van der Waals surface area contributed by atoms with Crippen LogP contribution in [0.1, 0.15) is 27.5 Å². The SMILES string of the molecule is Cc1cc(-c2cccc3c2[nH]c2c4ccccc4sc32)c2c(c1)C1c3sc4ccccc4c3-c3cccc(c31)[B]2. The molecule has 0 amide bonds. The van der Waals surface area contributed by atoms with Gasteiger partial charge in [0.2, 0.25) is 0 Å². The number of para-hydroxylation sites is 1. The van der Waals surface area contributed by atoms with Crippen molar-refractivity contribution in [2.45, 2.75) is 12.8 Å². The van der Waals surface area contributed by atoms with Gasteiger partial charge in [-0.2, -0.15) is 0 Å². The van der Waals surface area contributed by atoms with Crippen molar-refractivity contribution in [3.63, 3.8) is 0 Å². The molecule has 4 heteroatoms. The summed E-state index contributed by atoms with van der Waals surface area (Å²) >= 11 is 3.87. The first-order valence-corrected chi connectivity index (χ1v) is 15.4. The van der Waals surface area contributed by atoms with Gasteiger partial charge in [-0.25, -0.2) is 0 Å². The van der Waals surface area contributed by atoms with Crippen molar-refractivity contribution in [3.8, 4) is 22.3 Å². The minimum absolute atomic E-state index is 0.285. The number of hydrogen-bond acceptors (Lipinski definition) is 2. The first-order valence-electron chi connectivity index (χ1n) is 13.8. The zero-order valence-electron chi connectivity index (χ0n) is 21.7. The van der Waals surface area contributed by atoms with E-state index in [4.69, 9.17) is 0 Å². The van der Waals surface area contributed by atoms with Crippen LogP contribution in [-0.2, 0) is 0 Å². The van der Waals surface area contributed by atoms with Crippen molar-refractivity contribution < 1.29 is 0 Å². The molecule has 1 radical (unpaired) electrons. The molecule has 1 N–H and O–H groups in total. The van der Waals surface area contributed by atoms with Gasteiger partial charge in [-0.1, -0.05) is 101 Å². The summed E-state index contributed by atoms with van der Waals surface area (Å²) in [6.45, 7) is 2.26. The van der Waals surface area contributed by atoms with Crippen LogP contribution in [0.15, 0.2) is 97.1 Å². The standard InChI is InChI=1S/C36H21BNS2/c1-18-16-24(19-10-6-12-23-33(19)38-34-21-9-3-5-15-28(21)39-35(23)34)32-25(17-18)31-30-22(11-7-13-26(30)37-32)29-20-8-2-4-14-27(20)40-36(29)31/h2-17,31,38H,1H3. The van der Waals surface area contributed by atoms with Crippen LogP contribution in [0.4, 0.5) is 0 Å². The molecular weight excluding hydrogens is 521 g/mol. The molecule has 1 aliphatic carbocycles. The number of hydrogen-bond donors (Lipinski definition) is 1. The van der Waals surface area contributed by atoms with E-state index in [-0.39, 0.29) is 5.92 Å². The summed E-state index contributed by atoms with van der Waals surface area (Å²) in [4.78, 5) is 5.38. The lowest BCUT2D eigenvalue weighted by molar-refractivity contribution is 1.05. The molecule has 1 nitrogen and oxygen atoms in total. The van der Waals surface area contributed by atoms with Crippen LogP contribution in [-0.4, -0.2) is 12.3 Å². The Bertz CT molecular complexity index is 2380. The topological polar surface area (TPSA) is 15.8 Å². The molecule has 3 aromatic heterocycles. The summed E-state index contributed by atoms with van der Waals surface area (Å²) in [7, 11) is 2.46. The third-order valence-electron chi connectivity index (χ3n) is 8.99. The minimum Gasteiger partial charge on any atom is -0.353 e. The fourth-order valence-electron chi connectivity index (χ4n) is 7.41. The Morgan fingerprint density at radius 1 is 0.675 bits per heavy atom. The van der Waals surface area contributed by atoms with Gasteiger partial charge in [0.1, 0.15) is 0 Å². The Kier molecular flexibility index (Phi) is 4.09. The van der Waals surface area contributed by atoms with Crippen molar-refractivity contribution in [2.75, 3.05) is 0 Å².